The number of allylic oxidation sites excluding steroid dienone is 10. The fourth-order valence-corrected chi connectivity index (χ4v) is 5.76. The van der Waals surface area contributed by atoms with Gasteiger partial charge in [-0.25, -0.2) is 4.57 Å². The van der Waals surface area contributed by atoms with Crippen molar-refractivity contribution in [1.29, 1.82) is 0 Å². The lowest BCUT2D eigenvalue weighted by atomic mass is 10.1. The number of rotatable bonds is 37. The lowest BCUT2D eigenvalue weighted by Gasteiger charge is -2.20. The Morgan fingerprint density at radius 3 is 1.67 bits per heavy atom. The molecule has 0 aliphatic heterocycles. The van der Waals surface area contributed by atoms with Crippen molar-refractivity contribution in [3.63, 3.8) is 0 Å². The summed E-state index contributed by atoms with van der Waals surface area (Å²) in [4.78, 5) is 33.4. The molecule has 0 saturated heterocycles. The average molecular weight is 754 g/mol. The molecular weight excluding hydrogens is 681 g/mol. The third-order valence-corrected chi connectivity index (χ3v) is 9.01. The van der Waals surface area contributed by atoms with Gasteiger partial charge < -0.3 is 25.2 Å². The number of carboxylic acids is 1. The number of unbranched alkanes of at least 4 members (excludes halogenated alkanes) is 13. The van der Waals surface area contributed by atoms with Crippen LogP contribution in [0.2, 0.25) is 0 Å². The predicted molar refractivity (Wildman–Crippen MR) is 212 cm³/mol. The largest absolute Gasteiger partial charge is 0.480 e. The van der Waals surface area contributed by atoms with E-state index in [1.807, 2.05) is 0 Å². The molecule has 300 valence electrons. The highest BCUT2D eigenvalue weighted by atomic mass is 31.2. The van der Waals surface area contributed by atoms with Gasteiger partial charge in [-0.15, -0.1) is 0 Å². The molecule has 0 fully saturated rings. The fourth-order valence-electron chi connectivity index (χ4n) is 4.98. The molecule has 0 bridgehead atoms. The maximum absolute atomic E-state index is 12.5. The van der Waals surface area contributed by atoms with Crippen LogP contribution in [0.1, 0.15) is 149 Å². The first-order valence-corrected chi connectivity index (χ1v) is 21.3. The minimum absolute atomic E-state index is 0.00154. The zero-order valence-corrected chi connectivity index (χ0v) is 33.3. The molecule has 0 spiro atoms. The second kappa shape index (κ2) is 37.0. The molecule has 0 rings (SSSR count). The molecule has 3 unspecified atom stereocenters. The van der Waals surface area contributed by atoms with E-state index in [4.69, 9.17) is 24.8 Å². The van der Waals surface area contributed by atoms with Crippen LogP contribution in [0.5, 0.6) is 0 Å². The van der Waals surface area contributed by atoms with Crippen molar-refractivity contribution < 1.29 is 42.7 Å². The van der Waals surface area contributed by atoms with Gasteiger partial charge in [0.25, 0.3) is 0 Å². The summed E-state index contributed by atoms with van der Waals surface area (Å²) >= 11 is 0. The molecule has 0 aliphatic carbocycles. The third kappa shape index (κ3) is 36.0. The summed E-state index contributed by atoms with van der Waals surface area (Å²) in [6.45, 7) is 3.67. The van der Waals surface area contributed by atoms with E-state index in [-0.39, 0.29) is 13.0 Å². The Morgan fingerprint density at radius 1 is 0.635 bits per heavy atom. The van der Waals surface area contributed by atoms with Gasteiger partial charge in [-0.1, -0.05) is 145 Å². The van der Waals surface area contributed by atoms with Crippen molar-refractivity contribution in [2.24, 2.45) is 5.73 Å². The Kier molecular flexibility index (Phi) is 35.3. The number of aliphatic carboxylic acids is 1. The van der Waals surface area contributed by atoms with E-state index in [2.05, 4.69) is 79.1 Å². The minimum atomic E-state index is -4.62. The summed E-state index contributed by atoms with van der Waals surface area (Å²) in [6.07, 6.45) is 42.8. The van der Waals surface area contributed by atoms with Crippen LogP contribution in [0.3, 0.4) is 0 Å². The Balaban J connectivity index is 4.30. The first-order chi connectivity index (χ1) is 25.2. The van der Waals surface area contributed by atoms with Crippen LogP contribution < -0.4 is 5.73 Å². The Bertz CT molecular complexity index is 1060. The molecule has 11 heteroatoms. The van der Waals surface area contributed by atoms with E-state index in [0.717, 1.165) is 83.5 Å². The van der Waals surface area contributed by atoms with Crippen LogP contribution in [0, 0.1) is 0 Å². The highest BCUT2D eigenvalue weighted by Crippen LogP contribution is 2.43. The number of hydrogen-bond donors (Lipinski definition) is 3. The van der Waals surface area contributed by atoms with Crippen LogP contribution >= 0.6 is 7.82 Å². The molecule has 0 aromatic carbocycles. The molecule has 0 aromatic rings. The number of esters is 1. The van der Waals surface area contributed by atoms with Gasteiger partial charge in [0.05, 0.1) is 19.8 Å². The Hall–Kier alpha value is -2.33. The van der Waals surface area contributed by atoms with Crippen molar-refractivity contribution in [3.05, 3.63) is 60.8 Å². The van der Waals surface area contributed by atoms with E-state index >= 15 is 0 Å². The summed E-state index contributed by atoms with van der Waals surface area (Å²) in [7, 11) is -4.62. The van der Waals surface area contributed by atoms with E-state index in [9.17, 15) is 19.0 Å². The molecular formula is C41H72NO9P. The van der Waals surface area contributed by atoms with E-state index in [1.165, 1.54) is 38.5 Å². The molecule has 3 atom stereocenters. The molecule has 52 heavy (non-hydrogen) atoms. The quantitative estimate of drug-likeness (QED) is 0.0242. The Morgan fingerprint density at radius 2 is 1.12 bits per heavy atom. The summed E-state index contributed by atoms with van der Waals surface area (Å²) in [6, 6.07) is -1.48. The summed E-state index contributed by atoms with van der Waals surface area (Å²) in [5.41, 5.74) is 5.33. The number of carboxylic acid groups (broad SMARTS) is 1. The lowest BCUT2D eigenvalue weighted by molar-refractivity contribution is -0.154. The maximum Gasteiger partial charge on any atom is 0.472 e. The van der Waals surface area contributed by atoms with Gasteiger partial charge in [-0.05, 0) is 57.8 Å². The van der Waals surface area contributed by atoms with E-state index in [1.54, 1.807) is 0 Å². The van der Waals surface area contributed by atoms with Gasteiger partial charge >= 0.3 is 19.8 Å². The molecule has 0 aliphatic rings. The SMILES string of the molecule is CC/C=C\C/C=C\C/C=C\C/C=C\C/C=C\CCCCCCOCC(COP(=O)(O)OCC(N)C(=O)O)OC(=O)CCCCCCCCCCCC. The predicted octanol–water partition coefficient (Wildman–Crippen LogP) is 10.5. The molecule has 0 heterocycles. The van der Waals surface area contributed by atoms with Gasteiger partial charge in [-0.2, -0.15) is 0 Å². The van der Waals surface area contributed by atoms with Crippen molar-refractivity contribution in [3.8, 4) is 0 Å². The van der Waals surface area contributed by atoms with Gasteiger partial charge in [-0.3, -0.25) is 18.6 Å². The zero-order chi connectivity index (χ0) is 38.4. The first-order valence-electron chi connectivity index (χ1n) is 19.8. The number of nitrogens with two attached hydrogens (primary N) is 1. The second-order valence-corrected chi connectivity index (χ2v) is 14.5. The van der Waals surface area contributed by atoms with Crippen LogP contribution in [0.25, 0.3) is 0 Å². The molecule has 0 radical (unpaired) electrons. The number of phosphoric acid groups is 1. The first kappa shape index (κ1) is 49.7. The van der Waals surface area contributed by atoms with Gasteiger partial charge in [0, 0.05) is 13.0 Å². The molecule has 4 N–H and O–H groups in total. The zero-order valence-electron chi connectivity index (χ0n) is 32.4. The number of ether oxygens (including phenoxy) is 2. The minimum Gasteiger partial charge on any atom is -0.480 e. The normalized spacial score (nSPS) is 14.7. The number of phosphoric ester groups is 1. The molecule has 0 saturated carbocycles. The third-order valence-electron chi connectivity index (χ3n) is 8.06. The fraction of sp³-hybridized carbons (Fsp3) is 0.707. The van der Waals surface area contributed by atoms with Crippen molar-refractivity contribution in [1.82, 2.24) is 0 Å². The Labute approximate surface area is 315 Å². The second-order valence-electron chi connectivity index (χ2n) is 13.0. The summed E-state index contributed by atoms with van der Waals surface area (Å²) < 4.78 is 33.2. The van der Waals surface area contributed by atoms with Crippen molar-refractivity contribution in [2.75, 3.05) is 26.4 Å². The topological polar surface area (TPSA) is 155 Å². The van der Waals surface area contributed by atoms with Crippen LogP contribution in [-0.2, 0) is 32.7 Å². The van der Waals surface area contributed by atoms with Crippen LogP contribution in [-0.4, -0.2) is 60.5 Å². The van der Waals surface area contributed by atoms with Gasteiger partial charge in [0.1, 0.15) is 12.1 Å². The average Bonchev–Trinajstić information content (AvgIpc) is 3.12. The maximum atomic E-state index is 12.5. The van der Waals surface area contributed by atoms with E-state index < -0.39 is 45.1 Å². The summed E-state index contributed by atoms with van der Waals surface area (Å²) in [5, 5.41) is 8.87. The van der Waals surface area contributed by atoms with Gasteiger partial charge in [0.2, 0.25) is 0 Å². The van der Waals surface area contributed by atoms with Crippen LogP contribution in [0.15, 0.2) is 60.8 Å². The molecule has 0 amide bonds. The lowest BCUT2D eigenvalue weighted by Crippen LogP contribution is -2.34. The number of carbonyl (C=O) groups is 2. The molecule has 10 nitrogen and oxygen atoms in total. The summed E-state index contributed by atoms with van der Waals surface area (Å²) in [5.74, 6) is -1.80. The van der Waals surface area contributed by atoms with Crippen LogP contribution in [0.4, 0.5) is 0 Å². The monoisotopic (exact) mass is 753 g/mol. The molecule has 0 aromatic heterocycles. The highest BCUT2D eigenvalue weighted by Gasteiger charge is 2.27. The number of carbonyl (C=O) groups excluding carboxylic acids is 1. The smallest absolute Gasteiger partial charge is 0.472 e. The standard InChI is InChI=1S/C41H72NO9P/c1-3-5-7-9-11-13-15-16-17-18-19-20-21-22-23-24-26-28-30-32-34-48-35-38(36-49-52(46,47)50-37-39(42)41(44)45)51-40(43)33-31-29-27-25-14-12-10-8-6-4-2/h5,7,11,13,16-17,19-20,22-23,38-39H,3-4,6,8-10,12,14-15,18,21,24-37,42H2,1-2H3,(H,44,45)(H,46,47)/b7-5-,13-11-,17-16-,20-19-,23-22-. The number of hydrogen-bond acceptors (Lipinski definition) is 8. The van der Waals surface area contributed by atoms with Crippen molar-refractivity contribution >= 4 is 19.8 Å². The van der Waals surface area contributed by atoms with Crippen molar-refractivity contribution in [2.45, 2.75) is 161 Å². The highest BCUT2D eigenvalue weighted by molar-refractivity contribution is 7.47. The van der Waals surface area contributed by atoms with Gasteiger partial charge in [0.15, 0.2) is 0 Å². The van der Waals surface area contributed by atoms with E-state index in [0.29, 0.717) is 13.0 Å².